The highest BCUT2D eigenvalue weighted by atomic mass is 16.5. The molecular weight excluding hydrogens is 320 g/mol. The molecule has 3 N–H and O–H groups in total. The van der Waals surface area contributed by atoms with E-state index < -0.39 is 0 Å². The number of aromatic nitrogens is 4. The number of urea groups is 1. The third-order valence-corrected chi connectivity index (χ3v) is 3.46. The molecule has 128 valence electrons. The van der Waals surface area contributed by atoms with Crippen molar-refractivity contribution in [3.05, 3.63) is 54.0 Å². The van der Waals surface area contributed by atoms with Crippen LogP contribution in [0.2, 0.25) is 0 Å². The molecule has 3 aromatic rings. The fourth-order valence-electron chi connectivity index (χ4n) is 2.30. The predicted octanol–water partition coefficient (Wildman–Crippen LogP) is 2.51. The Morgan fingerprint density at radius 2 is 2.16 bits per heavy atom. The molecule has 1 aromatic carbocycles. The van der Waals surface area contributed by atoms with Gasteiger partial charge < -0.3 is 15.4 Å². The molecule has 0 aliphatic heterocycles. The highest BCUT2D eigenvalue weighted by Crippen LogP contribution is 2.19. The van der Waals surface area contributed by atoms with E-state index in [0.29, 0.717) is 23.9 Å². The number of amides is 2. The summed E-state index contributed by atoms with van der Waals surface area (Å²) in [4.78, 5) is 20.5. The Morgan fingerprint density at radius 3 is 2.92 bits per heavy atom. The molecule has 8 heteroatoms. The summed E-state index contributed by atoms with van der Waals surface area (Å²) in [5.41, 5.74) is 2.26. The summed E-state index contributed by atoms with van der Waals surface area (Å²) in [6, 6.07) is 10.6. The van der Waals surface area contributed by atoms with E-state index in [1.165, 1.54) is 0 Å². The van der Waals surface area contributed by atoms with E-state index in [0.717, 1.165) is 17.0 Å². The average molecular weight is 338 g/mol. The quantitative estimate of drug-likeness (QED) is 0.663. The van der Waals surface area contributed by atoms with Gasteiger partial charge in [-0.25, -0.2) is 14.8 Å². The molecule has 2 amide bonds. The fourth-order valence-corrected chi connectivity index (χ4v) is 2.30. The number of methoxy groups -OCH3 is 1. The SMILES string of the molecule is COc1ncccc1CNC(=O)Nc1cccc(-c2n[nH]c(C)n2)c1. The van der Waals surface area contributed by atoms with Gasteiger partial charge in [0, 0.05) is 29.6 Å². The van der Waals surface area contributed by atoms with Crippen LogP contribution < -0.4 is 15.4 Å². The summed E-state index contributed by atoms with van der Waals surface area (Å²) in [6.45, 7) is 2.14. The van der Waals surface area contributed by atoms with Crippen LogP contribution in [0.1, 0.15) is 11.4 Å². The van der Waals surface area contributed by atoms with Gasteiger partial charge in [0.1, 0.15) is 5.82 Å². The summed E-state index contributed by atoms with van der Waals surface area (Å²) >= 11 is 0. The molecule has 0 unspecified atom stereocenters. The summed E-state index contributed by atoms with van der Waals surface area (Å²) in [5, 5.41) is 12.5. The first-order valence-electron chi connectivity index (χ1n) is 7.68. The number of hydrogen-bond acceptors (Lipinski definition) is 5. The average Bonchev–Trinajstić information content (AvgIpc) is 3.07. The van der Waals surface area contributed by atoms with Crippen LogP contribution in [-0.4, -0.2) is 33.3 Å². The number of aryl methyl sites for hydroxylation is 1. The Kier molecular flexibility index (Phi) is 4.89. The van der Waals surface area contributed by atoms with E-state index in [9.17, 15) is 4.79 Å². The zero-order chi connectivity index (χ0) is 17.6. The van der Waals surface area contributed by atoms with E-state index in [2.05, 4.69) is 30.8 Å². The van der Waals surface area contributed by atoms with E-state index in [1.54, 1.807) is 25.4 Å². The van der Waals surface area contributed by atoms with Crippen molar-refractivity contribution in [1.82, 2.24) is 25.5 Å². The lowest BCUT2D eigenvalue weighted by molar-refractivity contribution is 0.251. The molecule has 0 fully saturated rings. The van der Waals surface area contributed by atoms with Gasteiger partial charge in [0.25, 0.3) is 0 Å². The summed E-state index contributed by atoms with van der Waals surface area (Å²) in [6.07, 6.45) is 1.64. The number of carbonyl (C=O) groups excluding carboxylic acids is 1. The van der Waals surface area contributed by atoms with Crippen molar-refractivity contribution in [1.29, 1.82) is 0 Å². The maximum Gasteiger partial charge on any atom is 0.319 e. The molecule has 0 bridgehead atoms. The van der Waals surface area contributed by atoms with Crippen molar-refractivity contribution >= 4 is 11.7 Å². The van der Waals surface area contributed by atoms with Gasteiger partial charge in [0.2, 0.25) is 5.88 Å². The van der Waals surface area contributed by atoms with Crippen LogP contribution in [0.25, 0.3) is 11.4 Å². The molecule has 0 radical (unpaired) electrons. The Balaban J connectivity index is 1.63. The monoisotopic (exact) mass is 338 g/mol. The molecule has 3 rings (SSSR count). The van der Waals surface area contributed by atoms with Crippen LogP contribution in [0.4, 0.5) is 10.5 Å². The van der Waals surface area contributed by atoms with Crippen molar-refractivity contribution in [2.45, 2.75) is 13.5 Å². The lowest BCUT2D eigenvalue weighted by Gasteiger charge is -2.10. The van der Waals surface area contributed by atoms with Crippen LogP contribution in [0.15, 0.2) is 42.6 Å². The molecule has 8 nitrogen and oxygen atoms in total. The molecule has 0 aliphatic rings. The van der Waals surface area contributed by atoms with Gasteiger partial charge in [-0.2, -0.15) is 5.10 Å². The zero-order valence-corrected chi connectivity index (χ0v) is 13.9. The third-order valence-electron chi connectivity index (χ3n) is 3.46. The second-order valence-electron chi connectivity index (χ2n) is 5.30. The van der Waals surface area contributed by atoms with Gasteiger partial charge in [-0.15, -0.1) is 0 Å². The summed E-state index contributed by atoms with van der Waals surface area (Å²) in [5.74, 6) is 1.81. The molecule has 2 heterocycles. The number of anilines is 1. The van der Waals surface area contributed by atoms with Crippen molar-refractivity contribution in [3.8, 4) is 17.3 Å². The van der Waals surface area contributed by atoms with Gasteiger partial charge in [-0.1, -0.05) is 18.2 Å². The first-order chi connectivity index (χ1) is 12.2. The number of carbonyl (C=O) groups is 1. The summed E-state index contributed by atoms with van der Waals surface area (Å²) in [7, 11) is 1.54. The lowest BCUT2D eigenvalue weighted by Crippen LogP contribution is -2.28. The number of rotatable bonds is 5. The Morgan fingerprint density at radius 1 is 1.28 bits per heavy atom. The second-order valence-corrected chi connectivity index (χ2v) is 5.30. The number of benzene rings is 1. The van der Waals surface area contributed by atoms with Crippen molar-refractivity contribution < 1.29 is 9.53 Å². The number of nitrogens with zero attached hydrogens (tertiary/aromatic N) is 3. The Bertz CT molecular complexity index is 877. The number of nitrogens with one attached hydrogen (secondary N) is 3. The van der Waals surface area contributed by atoms with Crippen LogP contribution in [0.5, 0.6) is 5.88 Å². The van der Waals surface area contributed by atoms with Crippen molar-refractivity contribution in [2.24, 2.45) is 0 Å². The van der Waals surface area contributed by atoms with E-state index >= 15 is 0 Å². The molecule has 0 saturated heterocycles. The first-order valence-corrected chi connectivity index (χ1v) is 7.68. The minimum absolute atomic E-state index is 0.308. The van der Waals surface area contributed by atoms with Gasteiger partial charge >= 0.3 is 6.03 Å². The van der Waals surface area contributed by atoms with Crippen molar-refractivity contribution in [2.75, 3.05) is 12.4 Å². The van der Waals surface area contributed by atoms with E-state index in [-0.39, 0.29) is 6.03 Å². The largest absolute Gasteiger partial charge is 0.481 e. The smallest absolute Gasteiger partial charge is 0.319 e. The minimum atomic E-state index is -0.325. The summed E-state index contributed by atoms with van der Waals surface area (Å²) < 4.78 is 5.16. The van der Waals surface area contributed by atoms with Crippen LogP contribution in [0, 0.1) is 6.92 Å². The second kappa shape index (κ2) is 7.43. The van der Waals surface area contributed by atoms with E-state index in [1.807, 2.05) is 31.2 Å². The predicted molar refractivity (Wildman–Crippen MR) is 93.2 cm³/mol. The molecule has 25 heavy (non-hydrogen) atoms. The maximum absolute atomic E-state index is 12.1. The van der Waals surface area contributed by atoms with Crippen LogP contribution in [-0.2, 0) is 6.54 Å². The van der Waals surface area contributed by atoms with Crippen LogP contribution in [0.3, 0.4) is 0 Å². The molecule has 0 saturated carbocycles. The number of ether oxygens (including phenoxy) is 1. The third kappa shape index (κ3) is 4.11. The topological polar surface area (TPSA) is 105 Å². The highest BCUT2D eigenvalue weighted by Gasteiger charge is 2.08. The van der Waals surface area contributed by atoms with Gasteiger partial charge in [-0.05, 0) is 25.1 Å². The maximum atomic E-state index is 12.1. The number of hydrogen-bond donors (Lipinski definition) is 3. The number of H-pyrrole nitrogens is 1. The van der Waals surface area contributed by atoms with Crippen LogP contribution >= 0.6 is 0 Å². The van der Waals surface area contributed by atoms with Gasteiger partial charge in [0.15, 0.2) is 5.82 Å². The Labute approximate surface area is 144 Å². The Hall–Kier alpha value is -3.42. The molecular formula is C17H18N6O2. The fraction of sp³-hybridized carbons (Fsp3) is 0.176. The molecule has 0 atom stereocenters. The molecule has 0 aliphatic carbocycles. The van der Waals surface area contributed by atoms with Gasteiger partial charge in [0.05, 0.1) is 7.11 Å². The molecule has 0 spiro atoms. The highest BCUT2D eigenvalue weighted by molar-refractivity contribution is 5.89. The van der Waals surface area contributed by atoms with Gasteiger partial charge in [-0.3, -0.25) is 5.10 Å². The first kappa shape index (κ1) is 16.4. The van der Waals surface area contributed by atoms with Crippen molar-refractivity contribution in [3.63, 3.8) is 0 Å². The standard InChI is InChI=1S/C17H18N6O2/c1-11-20-15(23-22-11)12-5-3-7-14(9-12)21-17(24)19-10-13-6-4-8-18-16(13)25-2/h3-9H,10H2,1-2H3,(H2,19,21,24)(H,20,22,23). The zero-order valence-electron chi connectivity index (χ0n) is 13.9. The number of pyridine rings is 1. The lowest BCUT2D eigenvalue weighted by atomic mass is 10.2. The minimum Gasteiger partial charge on any atom is -0.481 e. The van der Waals surface area contributed by atoms with E-state index in [4.69, 9.17) is 4.74 Å². The normalized spacial score (nSPS) is 10.3. The number of aromatic amines is 1. The molecule has 2 aromatic heterocycles.